The van der Waals surface area contributed by atoms with Crippen LogP contribution in [0.1, 0.15) is 36.8 Å². The number of nitrogens with zero attached hydrogens (tertiary/aromatic N) is 1. The molecule has 2 aliphatic rings. The van der Waals surface area contributed by atoms with E-state index in [1.54, 1.807) is 0 Å². The summed E-state index contributed by atoms with van der Waals surface area (Å²) in [5.74, 6) is 1.07. The van der Waals surface area contributed by atoms with E-state index in [0.29, 0.717) is 17.9 Å². The van der Waals surface area contributed by atoms with E-state index in [4.69, 9.17) is 0 Å². The zero-order chi connectivity index (χ0) is 14.1. The number of carbonyl (C=O) groups is 1. The topological polar surface area (TPSA) is 32.3 Å². The van der Waals surface area contributed by atoms with E-state index < -0.39 is 0 Å². The first-order chi connectivity index (χ1) is 9.66. The normalized spacial score (nSPS) is 29.9. The Labute approximate surface area is 121 Å². The Bertz CT molecular complexity index is 494. The number of carbonyl (C=O) groups excluding carboxylic acids is 1. The summed E-state index contributed by atoms with van der Waals surface area (Å²) in [7, 11) is 0. The highest BCUT2D eigenvalue weighted by molar-refractivity contribution is 5.80. The van der Waals surface area contributed by atoms with Crippen LogP contribution in [0.25, 0.3) is 0 Å². The summed E-state index contributed by atoms with van der Waals surface area (Å²) in [6.45, 7) is 7.10. The van der Waals surface area contributed by atoms with Crippen LogP contribution in [-0.2, 0) is 4.79 Å². The van der Waals surface area contributed by atoms with Gasteiger partial charge in [-0.3, -0.25) is 4.79 Å². The summed E-state index contributed by atoms with van der Waals surface area (Å²) in [5.41, 5.74) is 2.76. The van der Waals surface area contributed by atoms with Crippen LogP contribution in [0.2, 0.25) is 0 Å². The zero-order valence-corrected chi connectivity index (χ0v) is 12.4. The van der Waals surface area contributed by atoms with Crippen molar-refractivity contribution in [1.29, 1.82) is 0 Å². The van der Waals surface area contributed by atoms with Crippen LogP contribution in [0.15, 0.2) is 24.3 Å². The molecular weight excluding hydrogens is 248 g/mol. The minimum Gasteiger partial charge on any atom is -0.339 e. The average Bonchev–Trinajstić information content (AvgIpc) is 3.08. The molecule has 0 radical (unpaired) electrons. The number of rotatable bonds is 2. The van der Waals surface area contributed by atoms with Crippen molar-refractivity contribution in [3.8, 4) is 0 Å². The SMILES string of the molecule is Cc1ccccc1[C@@H]1C[C@@H](C)N(C(=O)[C@@H]2CCNC2)C1. The Kier molecular flexibility index (Phi) is 3.79. The molecule has 3 nitrogen and oxygen atoms in total. The molecule has 2 saturated heterocycles. The van der Waals surface area contributed by atoms with Crippen molar-refractivity contribution in [3.63, 3.8) is 0 Å². The maximum atomic E-state index is 12.6. The Balaban J connectivity index is 1.73. The lowest BCUT2D eigenvalue weighted by Gasteiger charge is -2.24. The van der Waals surface area contributed by atoms with Gasteiger partial charge in [0.1, 0.15) is 0 Å². The van der Waals surface area contributed by atoms with Crippen LogP contribution in [0, 0.1) is 12.8 Å². The molecule has 108 valence electrons. The molecule has 2 heterocycles. The van der Waals surface area contributed by atoms with Gasteiger partial charge in [-0.15, -0.1) is 0 Å². The molecule has 1 aromatic carbocycles. The fourth-order valence-corrected chi connectivity index (χ4v) is 3.71. The fourth-order valence-electron chi connectivity index (χ4n) is 3.71. The Morgan fingerprint density at radius 2 is 2.15 bits per heavy atom. The molecule has 2 fully saturated rings. The van der Waals surface area contributed by atoms with Crippen LogP contribution < -0.4 is 5.32 Å². The van der Waals surface area contributed by atoms with Gasteiger partial charge in [0.05, 0.1) is 5.92 Å². The van der Waals surface area contributed by atoms with Crippen LogP contribution in [0.5, 0.6) is 0 Å². The van der Waals surface area contributed by atoms with Crippen LogP contribution in [-0.4, -0.2) is 36.5 Å². The molecular formula is C17H24N2O. The molecule has 0 spiro atoms. The number of amides is 1. The molecule has 0 aromatic heterocycles. The van der Waals surface area contributed by atoms with Crippen LogP contribution in [0.3, 0.4) is 0 Å². The van der Waals surface area contributed by atoms with E-state index in [1.165, 1.54) is 11.1 Å². The van der Waals surface area contributed by atoms with Crippen molar-refractivity contribution in [2.24, 2.45) is 5.92 Å². The van der Waals surface area contributed by atoms with Crippen molar-refractivity contribution >= 4 is 5.91 Å². The average molecular weight is 272 g/mol. The second-order valence-electron chi connectivity index (χ2n) is 6.32. The molecule has 3 rings (SSSR count). The third-order valence-corrected chi connectivity index (χ3v) is 4.90. The zero-order valence-electron chi connectivity index (χ0n) is 12.4. The lowest BCUT2D eigenvalue weighted by molar-refractivity contribution is -0.135. The van der Waals surface area contributed by atoms with Gasteiger partial charge in [0.25, 0.3) is 0 Å². The van der Waals surface area contributed by atoms with Crippen molar-refractivity contribution in [1.82, 2.24) is 10.2 Å². The molecule has 0 aliphatic carbocycles. The molecule has 1 N–H and O–H groups in total. The molecule has 0 unspecified atom stereocenters. The number of aryl methyl sites for hydroxylation is 1. The maximum Gasteiger partial charge on any atom is 0.227 e. The van der Waals surface area contributed by atoms with Gasteiger partial charge in [0.15, 0.2) is 0 Å². The number of likely N-dealkylation sites (tertiary alicyclic amines) is 1. The molecule has 3 atom stereocenters. The highest BCUT2D eigenvalue weighted by atomic mass is 16.2. The third-order valence-electron chi connectivity index (χ3n) is 4.90. The van der Waals surface area contributed by atoms with Crippen LogP contribution >= 0.6 is 0 Å². The first kappa shape index (κ1) is 13.6. The Morgan fingerprint density at radius 1 is 1.35 bits per heavy atom. The highest BCUT2D eigenvalue weighted by Crippen LogP contribution is 2.34. The van der Waals surface area contributed by atoms with Crippen LogP contribution in [0.4, 0.5) is 0 Å². The molecule has 1 amide bonds. The molecule has 20 heavy (non-hydrogen) atoms. The number of hydrogen-bond donors (Lipinski definition) is 1. The van der Waals surface area contributed by atoms with Gasteiger partial charge >= 0.3 is 0 Å². The molecule has 1 aromatic rings. The Morgan fingerprint density at radius 3 is 2.85 bits per heavy atom. The monoisotopic (exact) mass is 272 g/mol. The van der Waals surface area contributed by atoms with E-state index in [-0.39, 0.29) is 5.92 Å². The minimum absolute atomic E-state index is 0.202. The first-order valence-electron chi connectivity index (χ1n) is 7.73. The smallest absolute Gasteiger partial charge is 0.227 e. The predicted molar refractivity (Wildman–Crippen MR) is 80.7 cm³/mol. The molecule has 2 aliphatic heterocycles. The first-order valence-corrected chi connectivity index (χ1v) is 7.73. The lowest BCUT2D eigenvalue weighted by atomic mass is 9.93. The minimum atomic E-state index is 0.202. The van der Waals surface area contributed by atoms with Gasteiger partial charge in [-0.2, -0.15) is 0 Å². The standard InChI is InChI=1S/C17H24N2O/c1-12-5-3-4-6-16(12)15-9-13(2)19(11-15)17(20)14-7-8-18-10-14/h3-6,13-15,18H,7-11H2,1-2H3/t13-,14-,15-/m1/s1. The summed E-state index contributed by atoms with van der Waals surface area (Å²) in [4.78, 5) is 14.7. The molecule has 0 saturated carbocycles. The van der Waals surface area contributed by atoms with Gasteiger partial charge in [0, 0.05) is 25.0 Å². The van der Waals surface area contributed by atoms with Crippen molar-refractivity contribution in [3.05, 3.63) is 35.4 Å². The highest BCUT2D eigenvalue weighted by Gasteiger charge is 2.37. The fraction of sp³-hybridized carbons (Fsp3) is 0.588. The Hall–Kier alpha value is -1.35. The van der Waals surface area contributed by atoms with Gasteiger partial charge in [-0.05, 0) is 44.4 Å². The quantitative estimate of drug-likeness (QED) is 0.896. The molecule has 0 bridgehead atoms. The largest absolute Gasteiger partial charge is 0.339 e. The molecule has 3 heteroatoms. The van der Waals surface area contributed by atoms with E-state index in [1.807, 2.05) is 0 Å². The summed E-state index contributed by atoms with van der Waals surface area (Å²) in [6.07, 6.45) is 2.09. The van der Waals surface area contributed by atoms with Gasteiger partial charge < -0.3 is 10.2 Å². The second kappa shape index (κ2) is 5.57. The number of benzene rings is 1. The second-order valence-corrected chi connectivity index (χ2v) is 6.32. The van der Waals surface area contributed by atoms with E-state index >= 15 is 0 Å². The summed E-state index contributed by atoms with van der Waals surface area (Å²) in [5, 5.41) is 3.30. The lowest BCUT2D eigenvalue weighted by Crippen LogP contribution is -2.39. The van der Waals surface area contributed by atoms with E-state index in [9.17, 15) is 4.79 Å². The van der Waals surface area contributed by atoms with Gasteiger partial charge in [-0.1, -0.05) is 24.3 Å². The van der Waals surface area contributed by atoms with Crippen molar-refractivity contribution in [2.45, 2.75) is 38.6 Å². The summed E-state index contributed by atoms with van der Waals surface area (Å²) < 4.78 is 0. The maximum absolute atomic E-state index is 12.6. The number of hydrogen-bond acceptors (Lipinski definition) is 2. The summed E-state index contributed by atoms with van der Waals surface area (Å²) in [6, 6.07) is 8.96. The van der Waals surface area contributed by atoms with Gasteiger partial charge in [0.2, 0.25) is 5.91 Å². The van der Waals surface area contributed by atoms with E-state index in [2.05, 4.69) is 48.3 Å². The van der Waals surface area contributed by atoms with E-state index in [0.717, 1.165) is 32.5 Å². The number of nitrogens with one attached hydrogen (secondary N) is 1. The van der Waals surface area contributed by atoms with Crippen molar-refractivity contribution in [2.75, 3.05) is 19.6 Å². The third kappa shape index (κ3) is 2.47. The van der Waals surface area contributed by atoms with Crippen molar-refractivity contribution < 1.29 is 4.79 Å². The summed E-state index contributed by atoms with van der Waals surface area (Å²) >= 11 is 0. The predicted octanol–water partition coefficient (Wildman–Crippen LogP) is 2.31. The van der Waals surface area contributed by atoms with Gasteiger partial charge in [-0.25, -0.2) is 0 Å².